The minimum Gasteiger partial charge on any atom is -0.464 e. The molecule has 3 rings (SSSR count). The summed E-state index contributed by atoms with van der Waals surface area (Å²) in [5.74, 6) is -1.13. The maximum absolute atomic E-state index is 13.6. The van der Waals surface area contributed by atoms with Gasteiger partial charge in [0.05, 0.1) is 11.9 Å². The van der Waals surface area contributed by atoms with Crippen molar-refractivity contribution in [3.05, 3.63) is 35.9 Å². The normalized spacial score (nSPS) is 19.2. The number of amides is 2. The molecule has 2 N–H and O–H groups in total. The van der Waals surface area contributed by atoms with Crippen LogP contribution in [0.3, 0.4) is 0 Å². The lowest BCUT2D eigenvalue weighted by molar-refractivity contribution is -0.148. The first-order valence-corrected chi connectivity index (χ1v) is 13.8. The Labute approximate surface area is 217 Å². The van der Waals surface area contributed by atoms with Gasteiger partial charge < -0.3 is 20.1 Å². The fourth-order valence-corrected chi connectivity index (χ4v) is 5.99. The fraction of sp³-hybridized carbons (Fsp3) is 0.630. The van der Waals surface area contributed by atoms with Gasteiger partial charge in [-0.15, -0.1) is 0 Å². The largest absolute Gasteiger partial charge is 0.464 e. The molecule has 36 heavy (non-hydrogen) atoms. The van der Waals surface area contributed by atoms with Crippen molar-refractivity contribution in [1.29, 1.82) is 0 Å². The maximum atomic E-state index is 13.6. The number of benzene rings is 1. The Balaban J connectivity index is 1.73. The van der Waals surface area contributed by atoms with Crippen LogP contribution in [-0.4, -0.2) is 59.6 Å². The van der Waals surface area contributed by atoms with E-state index >= 15 is 0 Å². The Bertz CT molecular complexity index is 897. The molecule has 0 spiro atoms. The highest BCUT2D eigenvalue weighted by Crippen LogP contribution is 2.33. The van der Waals surface area contributed by atoms with Crippen molar-refractivity contribution in [2.75, 3.05) is 19.8 Å². The van der Waals surface area contributed by atoms with E-state index in [1.54, 1.807) is 6.92 Å². The molecule has 1 saturated heterocycles. The predicted molar refractivity (Wildman–Crippen MR) is 138 cm³/mol. The van der Waals surface area contributed by atoms with Crippen molar-refractivity contribution in [3.63, 3.8) is 0 Å². The van der Waals surface area contributed by atoms with Crippen molar-refractivity contribution < 1.29 is 28.7 Å². The standard InChI is InChI=1S/C27H38N2O6S/c1-3-35-25(32)22(12-11-20-9-5-4-6-10-20)28-26(33)27(15-7-8-16-27)29-24(31)23(36-19(2)30)21-13-17-34-18-14-21/h4-6,9-10,21-23H,3,7-8,11-18H2,1-2H3,(H,28,33)(H,29,31)/t22-,23-/m0/s1. The van der Waals surface area contributed by atoms with Gasteiger partial charge in [-0.05, 0) is 56.9 Å². The topological polar surface area (TPSA) is 111 Å². The summed E-state index contributed by atoms with van der Waals surface area (Å²) in [6, 6.07) is 8.94. The lowest BCUT2D eigenvalue weighted by Crippen LogP contribution is -2.61. The van der Waals surface area contributed by atoms with E-state index in [0.717, 1.165) is 30.2 Å². The van der Waals surface area contributed by atoms with Crippen LogP contribution in [0.15, 0.2) is 30.3 Å². The highest BCUT2D eigenvalue weighted by molar-refractivity contribution is 8.14. The molecule has 198 valence electrons. The number of rotatable bonds is 11. The zero-order valence-corrected chi connectivity index (χ0v) is 22.1. The van der Waals surface area contributed by atoms with Gasteiger partial charge in [-0.1, -0.05) is 54.9 Å². The highest BCUT2D eigenvalue weighted by Gasteiger charge is 2.46. The van der Waals surface area contributed by atoms with E-state index in [1.165, 1.54) is 6.92 Å². The van der Waals surface area contributed by atoms with Gasteiger partial charge in [0.15, 0.2) is 5.12 Å². The minimum absolute atomic E-state index is 0.00678. The quantitative estimate of drug-likeness (QED) is 0.433. The monoisotopic (exact) mass is 518 g/mol. The summed E-state index contributed by atoms with van der Waals surface area (Å²) in [7, 11) is 0. The molecular weight excluding hydrogens is 480 g/mol. The number of nitrogens with one attached hydrogen (secondary N) is 2. The lowest BCUT2D eigenvalue weighted by atomic mass is 9.92. The fourth-order valence-electron chi connectivity index (χ4n) is 5.00. The first kappa shape index (κ1) is 28.2. The summed E-state index contributed by atoms with van der Waals surface area (Å²) in [6.45, 7) is 4.52. The van der Waals surface area contributed by atoms with E-state index in [4.69, 9.17) is 9.47 Å². The van der Waals surface area contributed by atoms with Crippen LogP contribution in [0, 0.1) is 5.92 Å². The molecule has 1 aromatic rings. The van der Waals surface area contributed by atoms with Crippen molar-refractivity contribution in [1.82, 2.24) is 10.6 Å². The van der Waals surface area contributed by atoms with Gasteiger partial charge in [0.2, 0.25) is 11.8 Å². The Morgan fingerprint density at radius 1 is 1.11 bits per heavy atom. The molecule has 0 bridgehead atoms. The molecule has 2 amide bonds. The second-order valence-corrected chi connectivity index (χ2v) is 10.9. The van der Waals surface area contributed by atoms with Crippen LogP contribution >= 0.6 is 11.8 Å². The SMILES string of the molecule is CCOC(=O)[C@H](CCc1ccccc1)NC(=O)C1(NC(=O)[C@@H](SC(C)=O)C2CCOCC2)CCCC1. The van der Waals surface area contributed by atoms with Gasteiger partial charge in [-0.25, -0.2) is 4.79 Å². The van der Waals surface area contributed by atoms with Crippen LogP contribution in [-0.2, 0) is 35.1 Å². The molecule has 0 radical (unpaired) electrons. The van der Waals surface area contributed by atoms with Gasteiger partial charge in [-0.3, -0.25) is 14.4 Å². The van der Waals surface area contributed by atoms with E-state index in [0.29, 0.717) is 51.7 Å². The van der Waals surface area contributed by atoms with Crippen LogP contribution in [0.2, 0.25) is 0 Å². The second-order valence-electron chi connectivity index (χ2n) is 9.56. The zero-order chi connectivity index (χ0) is 26.0. The molecule has 2 fully saturated rings. The molecule has 2 atom stereocenters. The summed E-state index contributed by atoms with van der Waals surface area (Å²) >= 11 is 1.03. The van der Waals surface area contributed by atoms with Crippen molar-refractivity contribution in [2.24, 2.45) is 5.92 Å². The molecule has 1 aliphatic carbocycles. The van der Waals surface area contributed by atoms with Crippen LogP contribution in [0.5, 0.6) is 0 Å². The van der Waals surface area contributed by atoms with Gasteiger partial charge in [0.1, 0.15) is 11.6 Å². The van der Waals surface area contributed by atoms with E-state index in [1.807, 2.05) is 30.3 Å². The average molecular weight is 519 g/mol. The van der Waals surface area contributed by atoms with E-state index < -0.39 is 22.8 Å². The first-order chi connectivity index (χ1) is 17.3. The number of hydrogen-bond acceptors (Lipinski definition) is 7. The first-order valence-electron chi connectivity index (χ1n) is 12.9. The Hall–Kier alpha value is -2.39. The average Bonchev–Trinajstić information content (AvgIpc) is 3.35. The Morgan fingerprint density at radius 2 is 1.78 bits per heavy atom. The number of aryl methyl sites for hydroxylation is 1. The molecule has 2 aliphatic rings. The number of hydrogen-bond donors (Lipinski definition) is 2. The number of carbonyl (C=O) groups is 4. The lowest BCUT2D eigenvalue weighted by Gasteiger charge is -2.34. The Kier molecular flexibility index (Phi) is 10.8. The third kappa shape index (κ3) is 7.80. The van der Waals surface area contributed by atoms with E-state index in [2.05, 4.69) is 10.6 Å². The molecule has 0 aromatic heterocycles. The van der Waals surface area contributed by atoms with E-state index in [9.17, 15) is 19.2 Å². The van der Waals surface area contributed by atoms with Crippen LogP contribution in [0.4, 0.5) is 0 Å². The van der Waals surface area contributed by atoms with Crippen molar-refractivity contribution in [2.45, 2.75) is 82.0 Å². The number of ether oxygens (including phenoxy) is 2. The van der Waals surface area contributed by atoms with Crippen LogP contribution in [0.1, 0.15) is 64.4 Å². The summed E-state index contributed by atoms with van der Waals surface area (Å²) in [5, 5.41) is 5.22. The second kappa shape index (κ2) is 13.8. The van der Waals surface area contributed by atoms with Crippen molar-refractivity contribution in [3.8, 4) is 0 Å². The highest BCUT2D eigenvalue weighted by atomic mass is 32.2. The minimum atomic E-state index is -1.10. The molecule has 1 saturated carbocycles. The molecule has 1 aliphatic heterocycles. The molecular formula is C27H38N2O6S. The summed E-state index contributed by atoms with van der Waals surface area (Å²) in [4.78, 5) is 51.8. The molecule has 1 aromatic carbocycles. The Morgan fingerprint density at radius 3 is 2.39 bits per heavy atom. The molecule has 0 unspecified atom stereocenters. The summed E-state index contributed by atoms with van der Waals surface area (Å²) < 4.78 is 10.7. The maximum Gasteiger partial charge on any atom is 0.328 e. The smallest absolute Gasteiger partial charge is 0.328 e. The molecule has 9 heteroatoms. The summed E-state index contributed by atoms with van der Waals surface area (Å²) in [5.41, 5.74) is -0.0412. The van der Waals surface area contributed by atoms with Gasteiger partial charge >= 0.3 is 5.97 Å². The van der Waals surface area contributed by atoms with Crippen LogP contribution < -0.4 is 10.6 Å². The molecule has 1 heterocycles. The number of carbonyl (C=O) groups excluding carboxylic acids is 4. The summed E-state index contributed by atoms with van der Waals surface area (Å²) in [6.07, 6.45) is 4.96. The van der Waals surface area contributed by atoms with Gasteiger partial charge in [0.25, 0.3) is 0 Å². The zero-order valence-electron chi connectivity index (χ0n) is 21.3. The molecule has 8 nitrogen and oxygen atoms in total. The van der Waals surface area contributed by atoms with Gasteiger partial charge in [0, 0.05) is 20.1 Å². The van der Waals surface area contributed by atoms with Crippen LogP contribution in [0.25, 0.3) is 0 Å². The predicted octanol–water partition coefficient (Wildman–Crippen LogP) is 3.17. The van der Waals surface area contributed by atoms with E-state index in [-0.39, 0.29) is 29.5 Å². The third-order valence-electron chi connectivity index (χ3n) is 6.94. The number of thioether (sulfide) groups is 1. The van der Waals surface area contributed by atoms with Crippen molar-refractivity contribution >= 4 is 34.7 Å². The van der Waals surface area contributed by atoms with Gasteiger partial charge in [-0.2, -0.15) is 0 Å². The third-order valence-corrected chi connectivity index (χ3v) is 8.13. The number of esters is 1.